The van der Waals surface area contributed by atoms with Crippen LogP contribution in [-0.2, 0) is 13.0 Å². The van der Waals surface area contributed by atoms with Gasteiger partial charge in [0.25, 0.3) is 0 Å². The molecule has 0 aliphatic rings. The highest BCUT2D eigenvalue weighted by Crippen LogP contribution is 2.10. The first-order valence-corrected chi connectivity index (χ1v) is 6.71. The molecule has 0 spiro atoms. The van der Waals surface area contributed by atoms with Gasteiger partial charge in [-0.05, 0) is 55.3 Å². The van der Waals surface area contributed by atoms with E-state index < -0.39 is 5.97 Å². The van der Waals surface area contributed by atoms with Crippen LogP contribution in [-0.4, -0.2) is 22.6 Å². The number of carboxylic acids is 1. The maximum Gasteiger partial charge on any atom is 0.354 e. The van der Waals surface area contributed by atoms with Gasteiger partial charge in [0.05, 0.1) is 5.69 Å². The normalized spacial score (nSPS) is 10.6. The Kier molecular flexibility index (Phi) is 5.00. The van der Waals surface area contributed by atoms with E-state index in [0.29, 0.717) is 18.8 Å². The van der Waals surface area contributed by atoms with E-state index in [2.05, 4.69) is 10.3 Å². The third-order valence-corrected chi connectivity index (χ3v) is 3.21. The maximum absolute atomic E-state index is 13.0. The molecule has 0 aliphatic carbocycles. The number of benzene rings is 1. The van der Waals surface area contributed by atoms with Crippen molar-refractivity contribution in [2.24, 2.45) is 0 Å². The lowest BCUT2D eigenvalue weighted by atomic mass is 10.1. The first-order chi connectivity index (χ1) is 10.1. The molecular formula is C16H17FN2O2. The molecule has 0 amide bonds. The van der Waals surface area contributed by atoms with Crippen LogP contribution in [0.25, 0.3) is 0 Å². The predicted octanol–water partition coefficient (Wildman–Crippen LogP) is 2.56. The minimum Gasteiger partial charge on any atom is -0.477 e. The van der Waals surface area contributed by atoms with Gasteiger partial charge < -0.3 is 10.4 Å². The number of pyridine rings is 1. The second kappa shape index (κ2) is 6.95. The van der Waals surface area contributed by atoms with Gasteiger partial charge in [0.15, 0.2) is 0 Å². The minimum atomic E-state index is -1.03. The molecule has 0 aliphatic heterocycles. The summed E-state index contributed by atoms with van der Waals surface area (Å²) in [6, 6.07) is 9.69. The van der Waals surface area contributed by atoms with Crippen molar-refractivity contribution in [2.45, 2.75) is 19.9 Å². The molecule has 21 heavy (non-hydrogen) atoms. The smallest absolute Gasteiger partial charge is 0.354 e. The van der Waals surface area contributed by atoms with Crippen LogP contribution in [0, 0.1) is 12.7 Å². The summed E-state index contributed by atoms with van der Waals surface area (Å²) in [5.41, 5.74) is 2.76. The number of nitrogens with one attached hydrogen (secondary N) is 1. The highest BCUT2D eigenvalue weighted by Gasteiger charge is 2.05. The fourth-order valence-electron chi connectivity index (χ4n) is 2.08. The average Bonchev–Trinajstić information content (AvgIpc) is 2.45. The van der Waals surface area contributed by atoms with Gasteiger partial charge in [-0.15, -0.1) is 0 Å². The lowest BCUT2D eigenvalue weighted by Gasteiger charge is -2.07. The minimum absolute atomic E-state index is 0.0451. The van der Waals surface area contributed by atoms with Crippen LogP contribution < -0.4 is 5.32 Å². The molecule has 5 heteroatoms. The van der Waals surface area contributed by atoms with Gasteiger partial charge in [-0.2, -0.15) is 0 Å². The summed E-state index contributed by atoms with van der Waals surface area (Å²) in [6.45, 7) is 3.10. The summed E-state index contributed by atoms with van der Waals surface area (Å²) in [5.74, 6) is -1.25. The Morgan fingerprint density at radius 3 is 2.86 bits per heavy atom. The number of nitrogens with zero attached hydrogens (tertiary/aromatic N) is 1. The van der Waals surface area contributed by atoms with Crippen LogP contribution in [0.5, 0.6) is 0 Å². The van der Waals surface area contributed by atoms with E-state index in [1.165, 1.54) is 18.2 Å². The van der Waals surface area contributed by atoms with E-state index in [4.69, 9.17) is 5.11 Å². The summed E-state index contributed by atoms with van der Waals surface area (Å²) >= 11 is 0. The number of aromatic nitrogens is 1. The van der Waals surface area contributed by atoms with Gasteiger partial charge in [0.1, 0.15) is 11.5 Å². The number of rotatable bonds is 6. The van der Waals surface area contributed by atoms with Crippen molar-refractivity contribution in [2.75, 3.05) is 6.54 Å². The van der Waals surface area contributed by atoms with E-state index in [1.54, 1.807) is 18.2 Å². The van der Waals surface area contributed by atoms with Crippen LogP contribution in [0.2, 0.25) is 0 Å². The molecule has 2 N–H and O–H groups in total. The van der Waals surface area contributed by atoms with Gasteiger partial charge in [-0.3, -0.25) is 0 Å². The molecule has 0 radical (unpaired) electrons. The molecule has 1 aromatic carbocycles. The van der Waals surface area contributed by atoms with Crippen LogP contribution in [0.15, 0.2) is 36.4 Å². The number of aryl methyl sites for hydroxylation is 1. The Morgan fingerprint density at radius 1 is 1.33 bits per heavy atom. The number of hydrogen-bond donors (Lipinski definition) is 2. The quantitative estimate of drug-likeness (QED) is 0.802. The van der Waals surface area contributed by atoms with Crippen molar-refractivity contribution in [3.8, 4) is 0 Å². The van der Waals surface area contributed by atoms with Crippen molar-refractivity contribution < 1.29 is 14.3 Å². The molecule has 110 valence electrons. The molecule has 0 saturated carbocycles. The molecule has 0 fully saturated rings. The Hall–Kier alpha value is -2.27. The number of carboxylic acid groups (broad SMARTS) is 1. The summed E-state index contributed by atoms with van der Waals surface area (Å²) < 4.78 is 13.0. The average molecular weight is 288 g/mol. The monoisotopic (exact) mass is 288 g/mol. The highest BCUT2D eigenvalue weighted by atomic mass is 19.1. The first-order valence-electron chi connectivity index (χ1n) is 6.71. The first kappa shape index (κ1) is 15.1. The molecule has 1 heterocycles. The molecular weight excluding hydrogens is 271 g/mol. The number of carbonyl (C=O) groups is 1. The second-order valence-corrected chi connectivity index (χ2v) is 4.82. The van der Waals surface area contributed by atoms with Crippen LogP contribution in [0.4, 0.5) is 4.39 Å². The molecule has 0 unspecified atom stereocenters. The standard InChI is InChI=1S/C16H17FN2O2/c1-11-9-13(17)6-5-12(11)7-8-18-10-14-3-2-4-15(19-14)16(20)21/h2-6,9,18H,7-8,10H2,1H3,(H,20,21). The zero-order valence-corrected chi connectivity index (χ0v) is 11.8. The van der Waals surface area contributed by atoms with Gasteiger partial charge in [0, 0.05) is 6.54 Å². The van der Waals surface area contributed by atoms with Gasteiger partial charge in [-0.1, -0.05) is 12.1 Å². The van der Waals surface area contributed by atoms with E-state index in [0.717, 1.165) is 17.5 Å². The lowest BCUT2D eigenvalue weighted by molar-refractivity contribution is 0.0690. The summed E-state index contributed by atoms with van der Waals surface area (Å²) in [7, 11) is 0. The summed E-state index contributed by atoms with van der Waals surface area (Å²) in [5, 5.41) is 12.1. The SMILES string of the molecule is Cc1cc(F)ccc1CCNCc1cccc(C(=O)O)n1. The third kappa shape index (κ3) is 4.36. The molecule has 2 aromatic rings. The molecule has 0 saturated heterocycles. The summed E-state index contributed by atoms with van der Waals surface area (Å²) in [4.78, 5) is 14.9. The molecule has 1 aromatic heterocycles. The maximum atomic E-state index is 13.0. The van der Waals surface area contributed by atoms with Gasteiger partial charge in [-0.25, -0.2) is 14.2 Å². The van der Waals surface area contributed by atoms with E-state index in [1.807, 2.05) is 6.92 Å². The van der Waals surface area contributed by atoms with Crippen molar-refractivity contribution >= 4 is 5.97 Å². The largest absolute Gasteiger partial charge is 0.477 e. The van der Waals surface area contributed by atoms with Crippen LogP contribution in [0.3, 0.4) is 0 Å². The van der Waals surface area contributed by atoms with E-state index >= 15 is 0 Å². The highest BCUT2D eigenvalue weighted by molar-refractivity contribution is 5.85. The number of aromatic carboxylic acids is 1. The van der Waals surface area contributed by atoms with Crippen molar-refractivity contribution in [1.29, 1.82) is 0 Å². The fourth-order valence-corrected chi connectivity index (χ4v) is 2.08. The molecule has 4 nitrogen and oxygen atoms in total. The zero-order valence-electron chi connectivity index (χ0n) is 11.8. The Bertz CT molecular complexity index is 644. The molecule has 0 atom stereocenters. The zero-order chi connectivity index (χ0) is 15.2. The molecule has 2 rings (SSSR count). The second-order valence-electron chi connectivity index (χ2n) is 4.82. The fraction of sp³-hybridized carbons (Fsp3) is 0.250. The van der Waals surface area contributed by atoms with Crippen LogP contribution in [0.1, 0.15) is 27.3 Å². The van der Waals surface area contributed by atoms with E-state index in [-0.39, 0.29) is 11.5 Å². The molecule has 0 bridgehead atoms. The van der Waals surface area contributed by atoms with Crippen molar-refractivity contribution in [3.05, 3.63) is 64.7 Å². The Balaban J connectivity index is 1.84. The van der Waals surface area contributed by atoms with Gasteiger partial charge in [0.2, 0.25) is 0 Å². The Morgan fingerprint density at radius 2 is 2.14 bits per heavy atom. The third-order valence-electron chi connectivity index (χ3n) is 3.21. The predicted molar refractivity (Wildman–Crippen MR) is 77.7 cm³/mol. The van der Waals surface area contributed by atoms with Crippen molar-refractivity contribution in [1.82, 2.24) is 10.3 Å². The van der Waals surface area contributed by atoms with Crippen LogP contribution >= 0.6 is 0 Å². The topological polar surface area (TPSA) is 62.2 Å². The summed E-state index contributed by atoms with van der Waals surface area (Å²) in [6.07, 6.45) is 0.782. The number of halogens is 1. The van der Waals surface area contributed by atoms with Gasteiger partial charge >= 0.3 is 5.97 Å². The van der Waals surface area contributed by atoms with Crippen molar-refractivity contribution in [3.63, 3.8) is 0 Å². The lowest BCUT2D eigenvalue weighted by Crippen LogP contribution is -2.18. The Labute approximate surface area is 122 Å². The van der Waals surface area contributed by atoms with E-state index in [9.17, 15) is 9.18 Å². The number of hydrogen-bond acceptors (Lipinski definition) is 3.